The van der Waals surface area contributed by atoms with Crippen molar-refractivity contribution in [1.82, 2.24) is 47.2 Å². The molecule has 0 spiro atoms. The van der Waals surface area contributed by atoms with Gasteiger partial charge in [-0.25, -0.2) is 4.98 Å². The van der Waals surface area contributed by atoms with Crippen LogP contribution in [-0.2, 0) is 44.8 Å². The van der Waals surface area contributed by atoms with E-state index in [1.165, 1.54) is 26.4 Å². The first-order chi connectivity index (χ1) is 27.4. The number of carbonyl (C=O) groups is 8. The van der Waals surface area contributed by atoms with E-state index in [1.807, 2.05) is 27.7 Å². The summed E-state index contributed by atoms with van der Waals surface area (Å²) in [5.41, 5.74) is 16.7. The fourth-order valence-electron chi connectivity index (χ4n) is 5.70. The maximum Gasteiger partial charge on any atom is 0.243 e. The number of nitrogens with one attached hydrogen (secondary N) is 8. The van der Waals surface area contributed by atoms with Crippen LogP contribution in [0.3, 0.4) is 0 Å². The van der Waals surface area contributed by atoms with Gasteiger partial charge >= 0.3 is 0 Å². The summed E-state index contributed by atoms with van der Waals surface area (Å²) in [7, 11) is 0. The first kappa shape index (κ1) is 50.4. The highest BCUT2D eigenvalue weighted by Crippen LogP contribution is 2.09. The van der Waals surface area contributed by atoms with Gasteiger partial charge < -0.3 is 64.2 Å². The zero-order chi connectivity index (χ0) is 43.8. The van der Waals surface area contributed by atoms with Gasteiger partial charge in [-0.1, -0.05) is 27.7 Å². The smallest absolute Gasteiger partial charge is 0.243 e. The molecule has 58 heavy (non-hydrogen) atoms. The van der Waals surface area contributed by atoms with Crippen molar-refractivity contribution in [1.29, 1.82) is 0 Å². The highest BCUT2D eigenvalue weighted by molar-refractivity contribution is 5.96. The van der Waals surface area contributed by atoms with E-state index in [-0.39, 0.29) is 50.0 Å². The molecule has 0 bridgehead atoms. The number of amides is 7. The summed E-state index contributed by atoms with van der Waals surface area (Å²) in [5.74, 6) is -4.58. The van der Waals surface area contributed by atoms with Gasteiger partial charge in [-0.05, 0) is 70.3 Å². The van der Waals surface area contributed by atoms with E-state index < -0.39 is 84.1 Å². The largest absolute Gasteiger partial charge is 0.370 e. The first-order valence-electron chi connectivity index (χ1n) is 19.6. The summed E-state index contributed by atoms with van der Waals surface area (Å²) in [6.45, 7) is 10.2. The third-order valence-corrected chi connectivity index (χ3v) is 8.59. The van der Waals surface area contributed by atoms with Gasteiger partial charge in [0.25, 0.3) is 0 Å². The fraction of sp³-hybridized carbons (Fsp3) is 0.676. The lowest BCUT2D eigenvalue weighted by atomic mass is 10.0. The van der Waals surface area contributed by atoms with Gasteiger partial charge in [0.2, 0.25) is 41.4 Å². The van der Waals surface area contributed by atoms with Crippen LogP contribution in [0.5, 0.6) is 0 Å². The molecule has 21 nitrogen and oxygen atoms in total. The Bertz CT molecular complexity index is 1520. The van der Waals surface area contributed by atoms with Crippen molar-refractivity contribution in [2.45, 2.75) is 129 Å². The Kier molecular flexibility index (Phi) is 23.6. The van der Waals surface area contributed by atoms with E-state index in [0.29, 0.717) is 44.2 Å². The van der Waals surface area contributed by atoms with Crippen LogP contribution in [0.1, 0.15) is 92.2 Å². The van der Waals surface area contributed by atoms with Gasteiger partial charge in [-0.3, -0.25) is 38.6 Å². The normalized spacial score (nSPS) is 14.1. The Labute approximate surface area is 339 Å². The highest BCUT2D eigenvalue weighted by atomic mass is 16.2. The lowest BCUT2D eigenvalue weighted by molar-refractivity contribution is -0.134. The monoisotopic (exact) mass is 820 g/mol. The number of aliphatic imine (C=N–C) groups is 1. The van der Waals surface area contributed by atoms with Gasteiger partial charge in [0.1, 0.15) is 36.5 Å². The molecule has 0 aliphatic carbocycles. The van der Waals surface area contributed by atoms with Crippen molar-refractivity contribution in [3.8, 4) is 0 Å². The molecule has 326 valence electrons. The molecule has 14 N–H and O–H groups in total. The quantitative estimate of drug-likeness (QED) is 0.0181. The standard InChI is InChI=1S/C37H65N13O8/c1-21(2)14-28(49-36(58)30(16-26-17-41-20-44-26)50-34(56)27(46-24(6)52)11-7-8-12-38)33(55)43-18-31(53)48-29(15-22(3)4)35(57)45-23(5)32(54)47-25(19-51)10-9-13-42-37(39)40/h17,19-23,25,27-30H,7-16,18,38H2,1-6H3,(H,41,44)(H,43,55)(H,45,57)(H,46,52)(H,47,54)(H,48,53)(H,49,58)(H,50,56)(H4,39,40,42)/t23-,25-,27-,28-,29-,30-/m0/s1. The number of rotatable bonds is 28. The summed E-state index contributed by atoms with van der Waals surface area (Å²) in [4.78, 5) is 114. The van der Waals surface area contributed by atoms with Crippen LogP contribution in [0.25, 0.3) is 0 Å². The third-order valence-electron chi connectivity index (χ3n) is 8.59. The van der Waals surface area contributed by atoms with Gasteiger partial charge in [0.05, 0.1) is 18.9 Å². The van der Waals surface area contributed by atoms with Crippen LogP contribution < -0.4 is 54.4 Å². The summed E-state index contributed by atoms with van der Waals surface area (Å²) < 4.78 is 0. The summed E-state index contributed by atoms with van der Waals surface area (Å²) in [6, 6.07) is -6.19. The molecule has 0 aliphatic rings. The number of hydrogen-bond donors (Lipinski definition) is 11. The van der Waals surface area contributed by atoms with Crippen LogP contribution in [0.2, 0.25) is 0 Å². The lowest BCUT2D eigenvalue weighted by Crippen LogP contribution is -2.58. The predicted octanol–water partition coefficient (Wildman–Crippen LogP) is -2.51. The zero-order valence-corrected chi connectivity index (χ0v) is 34.5. The second-order valence-electron chi connectivity index (χ2n) is 15.0. The van der Waals surface area contributed by atoms with Crippen molar-refractivity contribution < 1.29 is 38.4 Å². The Morgan fingerprint density at radius 1 is 0.741 bits per heavy atom. The van der Waals surface area contributed by atoms with E-state index in [2.05, 4.69) is 52.2 Å². The average Bonchev–Trinajstić information content (AvgIpc) is 3.66. The van der Waals surface area contributed by atoms with Crippen LogP contribution in [0, 0.1) is 11.8 Å². The highest BCUT2D eigenvalue weighted by Gasteiger charge is 2.31. The Balaban J connectivity index is 3.00. The maximum absolute atomic E-state index is 13.7. The van der Waals surface area contributed by atoms with Crippen molar-refractivity contribution in [2.75, 3.05) is 19.6 Å². The van der Waals surface area contributed by atoms with Crippen LogP contribution in [0.4, 0.5) is 0 Å². The average molecular weight is 820 g/mol. The molecule has 0 aromatic carbocycles. The molecule has 1 aromatic heterocycles. The number of guanidine groups is 1. The number of hydrogen-bond acceptors (Lipinski definition) is 11. The third kappa shape index (κ3) is 21.1. The Morgan fingerprint density at radius 2 is 1.34 bits per heavy atom. The molecule has 0 radical (unpaired) electrons. The summed E-state index contributed by atoms with van der Waals surface area (Å²) in [6.07, 6.45) is 6.02. The topological polar surface area (TPSA) is 340 Å². The summed E-state index contributed by atoms with van der Waals surface area (Å²) in [5, 5.41) is 18.3. The number of aromatic amines is 1. The fourth-order valence-corrected chi connectivity index (χ4v) is 5.70. The van der Waals surface area contributed by atoms with E-state index in [4.69, 9.17) is 17.2 Å². The second kappa shape index (κ2) is 27.1. The Hall–Kier alpha value is -5.60. The van der Waals surface area contributed by atoms with E-state index in [1.54, 1.807) is 0 Å². The molecule has 0 fully saturated rings. The van der Waals surface area contributed by atoms with Gasteiger partial charge in [-0.2, -0.15) is 0 Å². The minimum absolute atomic E-state index is 0.0104. The number of imidazole rings is 1. The molecule has 1 heterocycles. The van der Waals surface area contributed by atoms with Gasteiger partial charge in [0, 0.05) is 31.8 Å². The zero-order valence-electron chi connectivity index (χ0n) is 34.5. The van der Waals surface area contributed by atoms with Crippen molar-refractivity contribution in [3.05, 3.63) is 18.2 Å². The minimum Gasteiger partial charge on any atom is -0.370 e. The molecule has 21 heteroatoms. The summed E-state index contributed by atoms with van der Waals surface area (Å²) >= 11 is 0. The number of nitrogens with zero attached hydrogens (tertiary/aromatic N) is 2. The van der Waals surface area contributed by atoms with Crippen LogP contribution in [0.15, 0.2) is 17.5 Å². The molecule has 0 unspecified atom stereocenters. The molecule has 0 saturated carbocycles. The SMILES string of the molecule is CC(=O)N[C@@H](CCCCN)C(=O)N[C@@H](Cc1cnc[nH]1)C(=O)N[C@@H](CC(C)C)C(=O)NCC(=O)N[C@@H](CC(C)C)C(=O)N[C@@H](C)C(=O)N[C@H](C=O)CCCN=C(N)N. The molecule has 6 atom stereocenters. The maximum atomic E-state index is 13.7. The predicted molar refractivity (Wildman–Crippen MR) is 216 cm³/mol. The number of nitrogens with two attached hydrogens (primary N) is 3. The lowest BCUT2D eigenvalue weighted by Gasteiger charge is -2.26. The minimum atomic E-state index is -1.18. The first-order valence-corrected chi connectivity index (χ1v) is 19.6. The van der Waals surface area contributed by atoms with E-state index in [9.17, 15) is 38.4 Å². The molecule has 1 rings (SSSR count). The van der Waals surface area contributed by atoms with Crippen molar-refractivity contribution in [2.24, 2.45) is 34.0 Å². The molecular weight excluding hydrogens is 754 g/mol. The Morgan fingerprint density at radius 3 is 1.90 bits per heavy atom. The van der Waals surface area contributed by atoms with Gasteiger partial charge in [-0.15, -0.1) is 0 Å². The van der Waals surface area contributed by atoms with Gasteiger partial charge in [0.15, 0.2) is 5.96 Å². The molecular formula is C37H65N13O8. The molecule has 0 aliphatic heterocycles. The van der Waals surface area contributed by atoms with Crippen LogP contribution in [-0.4, -0.2) is 119 Å². The van der Waals surface area contributed by atoms with Crippen molar-refractivity contribution >= 4 is 53.6 Å². The van der Waals surface area contributed by atoms with E-state index >= 15 is 0 Å². The number of carbonyl (C=O) groups excluding carboxylic acids is 8. The van der Waals surface area contributed by atoms with Crippen molar-refractivity contribution in [3.63, 3.8) is 0 Å². The molecule has 1 aromatic rings. The second-order valence-corrected chi connectivity index (χ2v) is 15.0. The number of aromatic nitrogens is 2. The van der Waals surface area contributed by atoms with E-state index in [0.717, 1.165) is 0 Å². The molecule has 7 amide bonds. The number of unbranched alkanes of at least 4 members (excludes halogenated alkanes) is 1. The van der Waals surface area contributed by atoms with Crippen LogP contribution >= 0.6 is 0 Å². The number of H-pyrrole nitrogens is 1. The molecule has 0 saturated heterocycles. The number of aldehydes is 1.